The average Bonchev–Trinajstić information content (AvgIpc) is 2.32. The lowest BCUT2D eigenvalue weighted by molar-refractivity contribution is 0.181. The van der Waals surface area contributed by atoms with Gasteiger partial charge in [-0.25, -0.2) is 15.8 Å². The van der Waals surface area contributed by atoms with Crippen LogP contribution in [0.3, 0.4) is 0 Å². The summed E-state index contributed by atoms with van der Waals surface area (Å²) in [7, 11) is 1.69. The van der Waals surface area contributed by atoms with E-state index in [0.717, 1.165) is 16.8 Å². The van der Waals surface area contributed by atoms with E-state index in [0.29, 0.717) is 12.4 Å². The van der Waals surface area contributed by atoms with E-state index in [1.807, 2.05) is 0 Å². The Morgan fingerprint density at radius 2 is 2.29 bits per heavy atom. The number of nitrogens with one attached hydrogen (secondary N) is 1. The largest absolute Gasteiger partial charge is 0.383 e. The molecule has 1 aromatic heterocycles. The number of rotatable bonds is 6. The highest BCUT2D eigenvalue weighted by Crippen LogP contribution is 2.29. The molecular formula is C10H18BrN5O. The zero-order valence-electron chi connectivity index (χ0n) is 10.3. The van der Waals surface area contributed by atoms with Crippen molar-refractivity contribution >= 4 is 27.6 Å². The van der Waals surface area contributed by atoms with Gasteiger partial charge in [-0.05, 0) is 29.8 Å². The topological polar surface area (TPSA) is 76.3 Å². The molecule has 0 fully saturated rings. The Labute approximate surface area is 110 Å². The third-order valence-corrected chi connectivity index (χ3v) is 3.19. The Bertz CT molecular complexity index is 363. The predicted molar refractivity (Wildman–Crippen MR) is 71.9 cm³/mol. The summed E-state index contributed by atoms with van der Waals surface area (Å²) in [6.45, 7) is 5.60. The molecule has 1 heterocycles. The van der Waals surface area contributed by atoms with E-state index in [9.17, 15) is 0 Å². The lowest BCUT2D eigenvalue weighted by Crippen LogP contribution is -2.37. The number of nitrogen functional groups attached to an aromatic ring is 1. The van der Waals surface area contributed by atoms with Crippen LogP contribution in [0.4, 0.5) is 11.6 Å². The zero-order chi connectivity index (χ0) is 12.8. The van der Waals surface area contributed by atoms with Gasteiger partial charge in [0.2, 0.25) is 0 Å². The molecule has 0 bridgehead atoms. The van der Waals surface area contributed by atoms with Crippen LogP contribution < -0.4 is 16.2 Å². The summed E-state index contributed by atoms with van der Waals surface area (Å²) >= 11 is 3.45. The maximum Gasteiger partial charge on any atom is 0.159 e. The van der Waals surface area contributed by atoms with Gasteiger partial charge in [-0.1, -0.05) is 0 Å². The quantitative estimate of drug-likeness (QED) is 0.611. The molecule has 0 amide bonds. The summed E-state index contributed by atoms with van der Waals surface area (Å²) < 4.78 is 5.92. The minimum Gasteiger partial charge on any atom is -0.383 e. The molecule has 0 spiro atoms. The molecule has 1 aromatic rings. The van der Waals surface area contributed by atoms with E-state index in [1.54, 1.807) is 7.11 Å². The van der Waals surface area contributed by atoms with Crippen LogP contribution in [0.25, 0.3) is 0 Å². The van der Waals surface area contributed by atoms with Crippen LogP contribution in [-0.2, 0) is 4.74 Å². The maximum atomic E-state index is 5.38. The fourth-order valence-electron chi connectivity index (χ4n) is 1.66. The van der Waals surface area contributed by atoms with Crippen LogP contribution in [0.2, 0.25) is 0 Å². The Morgan fingerprint density at radius 1 is 1.59 bits per heavy atom. The Kier molecular flexibility index (Phi) is 5.60. The van der Waals surface area contributed by atoms with Crippen molar-refractivity contribution in [3.05, 3.63) is 10.8 Å². The number of aromatic nitrogens is 2. The summed E-state index contributed by atoms with van der Waals surface area (Å²) in [4.78, 5) is 10.4. The standard InChI is InChI=1S/C10H18BrN5O/c1-4-16(7(2)5-17-3)10-8(11)9(15-12)13-6-14-10/h6-7H,4-5,12H2,1-3H3,(H,13,14,15). The van der Waals surface area contributed by atoms with Crippen molar-refractivity contribution in [1.82, 2.24) is 9.97 Å². The minimum absolute atomic E-state index is 0.224. The number of hydrazine groups is 1. The fourth-order valence-corrected chi connectivity index (χ4v) is 2.21. The average molecular weight is 304 g/mol. The number of methoxy groups -OCH3 is 1. The predicted octanol–water partition coefficient (Wildman–Crippen LogP) is 1.39. The van der Waals surface area contributed by atoms with Gasteiger partial charge in [0, 0.05) is 13.7 Å². The van der Waals surface area contributed by atoms with Gasteiger partial charge in [-0.2, -0.15) is 0 Å². The second kappa shape index (κ2) is 6.73. The van der Waals surface area contributed by atoms with Gasteiger partial charge in [0.15, 0.2) is 5.82 Å². The molecule has 1 rings (SSSR count). The van der Waals surface area contributed by atoms with Crippen molar-refractivity contribution < 1.29 is 4.74 Å². The number of likely N-dealkylation sites (N-methyl/N-ethyl adjacent to an activating group) is 1. The van der Waals surface area contributed by atoms with Gasteiger partial charge in [0.05, 0.1) is 12.6 Å². The third-order valence-electron chi connectivity index (χ3n) is 2.46. The van der Waals surface area contributed by atoms with Gasteiger partial charge in [-0.3, -0.25) is 0 Å². The molecule has 96 valence electrons. The van der Waals surface area contributed by atoms with Crippen LogP contribution in [0, 0.1) is 0 Å². The number of hydrogen-bond donors (Lipinski definition) is 2. The van der Waals surface area contributed by atoms with Crippen LogP contribution in [-0.4, -0.2) is 36.3 Å². The van der Waals surface area contributed by atoms with E-state index in [2.05, 4.69) is 50.1 Å². The molecule has 0 saturated heterocycles. The molecule has 0 aliphatic rings. The maximum absolute atomic E-state index is 5.38. The number of ether oxygens (including phenoxy) is 1. The van der Waals surface area contributed by atoms with Gasteiger partial charge >= 0.3 is 0 Å². The highest BCUT2D eigenvalue weighted by molar-refractivity contribution is 9.10. The fraction of sp³-hybridized carbons (Fsp3) is 0.600. The normalized spacial score (nSPS) is 12.3. The number of halogens is 1. The molecule has 3 N–H and O–H groups in total. The Hall–Kier alpha value is -0.920. The van der Waals surface area contributed by atoms with Crippen molar-refractivity contribution in [2.24, 2.45) is 5.84 Å². The van der Waals surface area contributed by atoms with E-state index in [4.69, 9.17) is 10.6 Å². The van der Waals surface area contributed by atoms with Crippen LogP contribution >= 0.6 is 15.9 Å². The van der Waals surface area contributed by atoms with E-state index < -0.39 is 0 Å². The van der Waals surface area contributed by atoms with Crippen LogP contribution in [0.5, 0.6) is 0 Å². The van der Waals surface area contributed by atoms with Crippen LogP contribution in [0.15, 0.2) is 10.8 Å². The van der Waals surface area contributed by atoms with Crippen LogP contribution in [0.1, 0.15) is 13.8 Å². The second-order valence-corrected chi connectivity index (χ2v) is 4.39. The van der Waals surface area contributed by atoms with Gasteiger partial charge in [-0.15, -0.1) is 0 Å². The summed E-state index contributed by atoms with van der Waals surface area (Å²) in [5, 5.41) is 0. The molecular weight excluding hydrogens is 286 g/mol. The van der Waals surface area contributed by atoms with Crippen molar-refractivity contribution in [1.29, 1.82) is 0 Å². The molecule has 1 atom stereocenters. The molecule has 0 aliphatic heterocycles. The second-order valence-electron chi connectivity index (χ2n) is 3.59. The summed E-state index contributed by atoms with van der Waals surface area (Å²) in [5.41, 5.74) is 2.53. The van der Waals surface area contributed by atoms with Crippen molar-refractivity contribution in [3.8, 4) is 0 Å². The number of nitrogens with zero attached hydrogens (tertiary/aromatic N) is 3. The van der Waals surface area contributed by atoms with E-state index in [-0.39, 0.29) is 6.04 Å². The van der Waals surface area contributed by atoms with Gasteiger partial charge in [0.1, 0.15) is 16.6 Å². The molecule has 0 saturated carbocycles. The van der Waals surface area contributed by atoms with Crippen molar-refractivity contribution in [2.75, 3.05) is 30.6 Å². The number of hydrogen-bond acceptors (Lipinski definition) is 6. The lowest BCUT2D eigenvalue weighted by Gasteiger charge is -2.29. The molecule has 1 unspecified atom stereocenters. The first kappa shape index (κ1) is 14.1. The first-order valence-corrected chi connectivity index (χ1v) is 6.17. The summed E-state index contributed by atoms with van der Waals surface area (Å²) in [5.74, 6) is 6.76. The van der Waals surface area contributed by atoms with E-state index >= 15 is 0 Å². The lowest BCUT2D eigenvalue weighted by atomic mass is 10.3. The Balaban J connectivity index is 3.03. The van der Waals surface area contributed by atoms with Gasteiger partial charge < -0.3 is 15.1 Å². The molecule has 17 heavy (non-hydrogen) atoms. The minimum atomic E-state index is 0.224. The van der Waals surface area contributed by atoms with E-state index in [1.165, 1.54) is 6.33 Å². The zero-order valence-corrected chi connectivity index (χ0v) is 11.9. The highest BCUT2D eigenvalue weighted by atomic mass is 79.9. The summed E-state index contributed by atoms with van der Waals surface area (Å²) in [6.07, 6.45) is 1.48. The molecule has 0 aliphatic carbocycles. The first-order valence-electron chi connectivity index (χ1n) is 5.38. The SMILES string of the molecule is CCN(c1ncnc(NN)c1Br)C(C)COC. The highest BCUT2D eigenvalue weighted by Gasteiger charge is 2.18. The monoisotopic (exact) mass is 303 g/mol. The third kappa shape index (κ3) is 3.27. The molecule has 7 heteroatoms. The smallest absolute Gasteiger partial charge is 0.159 e. The Morgan fingerprint density at radius 3 is 2.82 bits per heavy atom. The molecule has 6 nitrogen and oxygen atoms in total. The first-order chi connectivity index (χ1) is 8.15. The number of anilines is 2. The van der Waals surface area contributed by atoms with Crippen molar-refractivity contribution in [2.45, 2.75) is 19.9 Å². The van der Waals surface area contributed by atoms with Crippen molar-refractivity contribution in [3.63, 3.8) is 0 Å². The molecule has 0 aromatic carbocycles. The number of nitrogens with two attached hydrogens (primary N) is 1. The molecule has 0 radical (unpaired) electrons. The van der Waals surface area contributed by atoms with Gasteiger partial charge in [0.25, 0.3) is 0 Å². The summed E-state index contributed by atoms with van der Waals surface area (Å²) in [6, 6.07) is 0.224.